The van der Waals surface area contributed by atoms with Crippen molar-refractivity contribution in [2.24, 2.45) is 11.8 Å². The number of pyridine rings is 1. The van der Waals surface area contributed by atoms with Gasteiger partial charge in [-0.3, -0.25) is 4.98 Å². The fourth-order valence-electron chi connectivity index (χ4n) is 5.91. The first-order valence-electron chi connectivity index (χ1n) is 10.7. The Bertz CT molecular complexity index is 1020. The van der Waals surface area contributed by atoms with Crippen LogP contribution in [0.3, 0.4) is 0 Å². The number of aliphatic hydroxyl groups excluding tert-OH is 1. The van der Waals surface area contributed by atoms with Crippen molar-refractivity contribution in [1.82, 2.24) is 4.98 Å². The van der Waals surface area contributed by atoms with Gasteiger partial charge in [0.1, 0.15) is 18.7 Å². The summed E-state index contributed by atoms with van der Waals surface area (Å²) in [6.07, 6.45) is 5.79. The van der Waals surface area contributed by atoms with E-state index in [1.54, 1.807) is 0 Å². The van der Waals surface area contributed by atoms with Crippen LogP contribution in [-0.4, -0.2) is 33.7 Å². The van der Waals surface area contributed by atoms with Crippen LogP contribution in [0, 0.1) is 11.8 Å². The molecule has 3 aliphatic heterocycles. The Morgan fingerprint density at radius 3 is 2.67 bits per heavy atom. The van der Waals surface area contributed by atoms with Gasteiger partial charge in [-0.2, -0.15) is 0 Å². The lowest BCUT2D eigenvalue weighted by atomic mass is 9.71. The third kappa shape index (κ3) is 3.56. The van der Waals surface area contributed by atoms with Crippen LogP contribution in [0.5, 0.6) is 0 Å². The molecule has 0 spiro atoms. The van der Waals surface area contributed by atoms with E-state index in [4.69, 9.17) is 0 Å². The molecule has 156 valence electrons. The standard InChI is InChI=1S/C26H29N2O.ClH/c1-2-20-18-28(17-19-8-4-3-5-9-19)15-13-21(20)16-25(28)26(29)23-12-14-27-24-11-7-6-10-22(23)24;/h2-12,14,20-21,25-26,29H,1,13,15-18H2;1H/q+1;/p-1/t20-,21+,25+,26?,28+;/m0./s1. The van der Waals surface area contributed by atoms with Gasteiger partial charge in [-0.15, -0.1) is 6.58 Å². The second kappa shape index (κ2) is 8.50. The van der Waals surface area contributed by atoms with Gasteiger partial charge in [0.25, 0.3) is 0 Å². The summed E-state index contributed by atoms with van der Waals surface area (Å²) in [7, 11) is 0. The van der Waals surface area contributed by atoms with E-state index < -0.39 is 6.10 Å². The highest BCUT2D eigenvalue weighted by Gasteiger charge is 2.53. The van der Waals surface area contributed by atoms with Crippen LogP contribution in [0.2, 0.25) is 0 Å². The van der Waals surface area contributed by atoms with Gasteiger partial charge in [-0.05, 0) is 23.6 Å². The zero-order chi connectivity index (χ0) is 19.8. The van der Waals surface area contributed by atoms with E-state index in [9.17, 15) is 5.11 Å². The molecular formula is C26H29ClN2O. The molecule has 6 rings (SSSR count). The van der Waals surface area contributed by atoms with Crippen LogP contribution < -0.4 is 12.4 Å². The van der Waals surface area contributed by atoms with Crippen LogP contribution in [0.15, 0.2) is 79.5 Å². The van der Waals surface area contributed by atoms with Crippen LogP contribution in [0.4, 0.5) is 0 Å². The van der Waals surface area contributed by atoms with Crippen LogP contribution >= 0.6 is 0 Å². The minimum atomic E-state index is -0.486. The quantitative estimate of drug-likeness (QED) is 0.505. The second-order valence-corrected chi connectivity index (χ2v) is 8.88. The molecule has 0 aliphatic carbocycles. The van der Waals surface area contributed by atoms with Crippen LogP contribution in [-0.2, 0) is 6.54 Å². The van der Waals surface area contributed by atoms with Crippen molar-refractivity contribution in [3.05, 3.63) is 90.6 Å². The predicted octanol–water partition coefficient (Wildman–Crippen LogP) is 1.88. The number of quaternary nitrogens is 1. The number of piperidine rings is 3. The third-order valence-electron chi connectivity index (χ3n) is 7.38. The Labute approximate surface area is 185 Å². The predicted molar refractivity (Wildman–Crippen MR) is 117 cm³/mol. The topological polar surface area (TPSA) is 33.1 Å². The van der Waals surface area contributed by atoms with Crippen molar-refractivity contribution in [2.75, 3.05) is 13.1 Å². The molecule has 3 aromatic rings. The monoisotopic (exact) mass is 420 g/mol. The lowest BCUT2D eigenvalue weighted by Crippen LogP contribution is -3.00. The average Bonchev–Trinajstić information content (AvgIpc) is 2.78. The molecule has 3 aliphatic rings. The van der Waals surface area contributed by atoms with Crippen molar-refractivity contribution in [3.8, 4) is 0 Å². The zero-order valence-electron chi connectivity index (χ0n) is 17.2. The van der Waals surface area contributed by atoms with Crippen molar-refractivity contribution < 1.29 is 22.0 Å². The lowest BCUT2D eigenvalue weighted by Gasteiger charge is -2.58. The summed E-state index contributed by atoms with van der Waals surface area (Å²) in [5.74, 6) is 1.18. The van der Waals surface area contributed by atoms with Crippen molar-refractivity contribution >= 4 is 10.9 Å². The van der Waals surface area contributed by atoms with E-state index >= 15 is 0 Å². The fraction of sp³-hybridized carbons (Fsp3) is 0.346. The highest BCUT2D eigenvalue weighted by molar-refractivity contribution is 5.82. The Balaban J connectivity index is 0.00000218. The third-order valence-corrected chi connectivity index (χ3v) is 7.38. The molecule has 0 radical (unpaired) electrons. The molecule has 2 bridgehead atoms. The van der Waals surface area contributed by atoms with Crippen LogP contribution in [0.25, 0.3) is 10.9 Å². The molecular weight excluding hydrogens is 392 g/mol. The summed E-state index contributed by atoms with van der Waals surface area (Å²) in [5.41, 5.74) is 3.33. The maximum atomic E-state index is 11.7. The number of benzene rings is 2. The summed E-state index contributed by atoms with van der Waals surface area (Å²) < 4.78 is 0.953. The molecule has 5 atom stereocenters. The van der Waals surface area contributed by atoms with E-state index in [0.29, 0.717) is 11.8 Å². The molecule has 3 nitrogen and oxygen atoms in total. The Kier molecular flexibility index (Phi) is 5.97. The van der Waals surface area contributed by atoms with Crippen LogP contribution in [0.1, 0.15) is 30.1 Å². The number of aromatic nitrogens is 1. The maximum Gasteiger partial charge on any atom is 0.131 e. The van der Waals surface area contributed by atoms with Gasteiger partial charge in [0.15, 0.2) is 0 Å². The molecule has 3 saturated heterocycles. The van der Waals surface area contributed by atoms with Gasteiger partial charge < -0.3 is 22.0 Å². The van der Waals surface area contributed by atoms with Gasteiger partial charge in [-0.25, -0.2) is 0 Å². The Hall–Kier alpha value is -2.20. The highest BCUT2D eigenvalue weighted by atomic mass is 35.5. The molecule has 30 heavy (non-hydrogen) atoms. The highest BCUT2D eigenvalue weighted by Crippen LogP contribution is 2.47. The molecule has 4 heteroatoms. The van der Waals surface area contributed by atoms with E-state index in [0.717, 1.165) is 47.0 Å². The summed E-state index contributed by atoms with van der Waals surface area (Å²) in [5, 5.41) is 12.8. The number of halogens is 1. The van der Waals surface area contributed by atoms with Gasteiger partial charge in [-0.1, -0.05) is 54.6 Å². The van der Waals surface area contributed by atoms with E-state index in [1.807, 2.05) is 30.5 Å². The minimum absolute atomic E-state index is 0. The summed E-state index contributed by atoms with van der Waals surface area (Å²) in [6, 6.07) is 21.2. The lowest BCUT2D eigenvalue weighted by molar-refractivity contribution is -0.984. The van der Waals surface area contributed by atoms with Gasteiger partial charge >= 0.3 is 0 Å². The zero-order valence-corrected chi connectivity index (χ0v) is 18.0. The van der Waals surface area contributed by atoms with Gasteiger partial charge in [0.05, 0.1) is 18.6 Å². The average molecular weight is 421 g/mol. The molecule has 1 unspecified atom stereocenters. The smallest absolute Gasteiger partial charge is 0.131 e. The normalized spacial score (nSPS) is 28.6. The van der Waals surface area contributed by atoms with E-state index in [1.165, 1.54) is 12.0 Å². The number of fused-ring (bicyclic) bond motifs is 4. The molecule has 1 aromatic heterocycles. The largest absolute Gasteiger partial charge is 1.00 e. The van der Waals surface area contributed by atoms with Gasteiger partial charge in [0, 0.05) is 35.9 Å². The second-order valence-electron chi connectivity index (χ2n) is 8.88. The number of rotatable bonds is 5. The molecule has 0 amide bonds. The number of para-hydroxylation sites is 1. The SMILES string of the molecule is C=C[C@H]1C[N@+]2(Cc3ccccc3)CC[C@@H]1C[C@@H]2C(O)c1ccnc2ccccc12.[Cl-]. The summed E-state index contributed by atoms with van der Waals surface area (Å²) in [4.78, 5) is 4.50. The Morgan fingerprint density at radius 1 is 1.10 bits per heavy atom. The molecule has 3 fully saturated rings. The fourth-order valence-corrected chi connectivity index (χ4v) is 5.91. The summed E-state index contributed by atoms with van der Waals surface area (Å²) >= 11 is 0. The molecule has 0 saturated carbocycles. The van der Waals surface area contributed by atoms with Crippen molar-refractivity contribution in [3.63, 3.8) is 0 Å². The molecule has 1 N–H and O–H groups in total. The summed E-state index contributed by atoms with van der Waals surface area (Å²) in [6.45, 7) is 7.32. The van der Waals surface area contributed by atoms with E-state index in [2.05, 4.69) is 54.0 Å². The van der Waals surface area contributed by atoms with Gasteiger partial charge in [0.2, 0.25) is 0 Å². The number of nitrogens with zero attached hydrogens (tertiary/aromatic N) is 2. The van der Waals surface area contributed by atoms with Crippen molar-refractivity contribution in [1.29, 1.82) is 0 Å². The number of hydrogen-bond donors (Lipinski definition) is 1. The first-order valence-corrected chi connectivity index (χ1v) is 10.7. The minimum Gasteiger partial charge on any atom is -1.00 e. The number of aliphatic hydroxyl groups is 1. The van der Waals surface area contributed by atoms with Crippen molar-refractivity contribution in [2.45, 2.75) is 31.5 Å². The van der Waals surface area contributed by atoms with E-state index in [-0.39, 0.29) is 18.4 Å². The first-order chi connectivity index (χ1) is 14.2. The first kappa shape index (κ1) is 21.0. The molecule has 4 heterocycles. The number of hydrogen-bond acceptors (Lipinski definition) is 2. The maximum absolute atomic E-state index is 11.7. The molecule has 2 aromatic carbocycles. The Morgan fingerprint density at radius 2 is 1.87 bits per heavy atom.